The lowest BCUT2D eigenvalue weighted by Gasteiger charge is -2.54. The first-order valence-electron chi connectivity index (χ1n) is 17.9. The van der Waals surface area contributed by atoms with Gasteiger partial charge in [-0.15, -0.1) is 0 Å². The highest BCUT2D eigenvalue weighted by Crippen LogP contribution is 2.45. The van der Waals surface area contributed by atoms with Crippen molar-refractivity contribution in [3.8, 4) is 16.9 Å². The summed E-state index contributed by atoms with van der Waals surface area (Å²) >= 11 is 3.60. The number of rotatable bonds is 9. The minimum Gasteiger partial charge on any atom is -0.494 e. The molecule has 2 saturated heterocycles. The Morgan fingerprint density at radius 2 is 1.75 bits per heavy atom. The van der Waals surface area contributed by atoms with Crippen molar-refractivity contribution < 1.29 is 14.0 Å². The van der Waals surface area contributed by atoms with Crippen LogP contribution in [0.25, 0.3) is 22.2 Å². The number of aryl methyl sites for hydroxylation is 1. The van der Waals surface area contributed by atoms with Crippen LogP contribution in [-0.2, 0) is 16.3 Å². The van der Waals surface area contributed by atoms with E-state index in [1.807, 2.05) is 36.3 Å². The minimum atomic E-state index is -2.78. The maximum Gasteiger partial charge on any atom is 0.229 e. The predicted octanol–water partition coefficient (Wildman–Crippen LogP) is 7.18. The van der Waals surface area contributed by atoms with Crippen LogP contribution in [0.3, 0.4) is 0 Å². The third kappa shape index (κ3) is 7.78. The van der Waals surface area contributed by atoms with Crippen LogP contribution in [0.5, 0.6) is 5.75 Å². The van der Waals surface area contributed by atoms with E-state index in [0.29, 0.717) is 55.7 Å². The molecule has 0 aliphatic carbocycles. The molecule has 2 N–H and O–H groups in total. The number of aromatic nitrogens is 6. The van der Waals surface area contributed by atoms with E-state index >= 15 is 0 Å². The van der Waals surface area contributed by atoms with Crippen LogP contribution in [-0.4, -0.2) is 98.5 Å². The summed E-state index contributed by atoms with van der Waals surface area (Å²) in [5.41, 5.74) is 5.31. The molecule has 5 heterocycles. The molecule has 0 bridgehead atoms. The number of methoxy groups -OCH3 is 1. The van der Waals surface area contributed by atoms with Crippen LogP contribution < -0.4 is 25.6 Å². The third-order valence-corrected chi connectivity index (χ3v) is 12.2. The first-order chi connectivity index (χ1) is 25.1. The highest BCUT2D eigenvalue weighted by molar-refractivity contribution is 9.10. The molecule has 7 rings (SSSR count). The molecule has 0 saturated carbocycles. The number of nitrogens with one attached hydrogen (secondary N) is 2. The van der Waals surface area contributed by atoms with Crippen LogP contribution in [0.2, 0.25) is 0 Å². The van der Waals surface area contributed by atoms with Gasteiger partial charge in [0.1, 0.15) is 24.2 Å². The molecule has 0 unspecified atom stereocenters. The fourth-order valence-corrected chi connectivity index (χ4v) is 9.35. The van der Waals surface area contributed by atoms with E-state index in [4.69, 9.17) is 14.5 Å². The average molecular weight is 804 g/mol. The monoisotopic (exact) mass is 802 g/mol. The van der Waals surface area contributed by atoms with Crippen LogP contribution in [0.1, 0.15) is 40.5 Å². The quantitative estimate of drug-likeness (QED) is 0.146. The van der Waals surface area contributed by atoms with Crippen molar-refractivity contribution in [3.05, 3.63) is 59.7 Å². The van der Waals surface area contributed by atoms with E-state index in [9.17, 15) is 4.57 Å². The summed E-state index contributed by atoms with van der Waals surface area (Å²) in [7, 11) is 0.816. The normalized spacial score (nSPS) is 17.4. The van der Waals surface area contributed by atoms with Crippen LogP contribution in [0.4, 0.5) is 28.8 Å². The van der Waals surface area contributed by atoms with Gasteiger partial charge in [0, 0.05) is 86.9 Å². The highest BCUT2D eigenvalue weighted by Gasteiger charge is 2.46. The van der Waals surface area contributed by atoms with E-state index in [0.717, 1.165) is 55.8 Å². The number of anilines is 5. The second kappa shape index (κ2) is 14.3. The zero-order chi connectivity index (χ0) is 37.7. The fourth-order valence-electron chi connectivity index (χ4n) is 7.67. The minimum absolute atomic E-state index is 0.181. The van der Waals surface area contributed by atoms with Gasteiger partial charge in [0.2, 0.25) is 5.95 Å². The zero-order valence-electron chi connectivity index (χ0n) is 31.6. The Balaban J connectivity index is 1.20. The summed E-state index contributed by atoms with van der Waals surface area (Å²) in [6.45, 7) is 16.0. The first kappa shape index (κ1) is 37.2. The molecule has 280 valence electrons. The number of piperidine rings is 1. The van der Waals surface area contributed by atoms with Crippen molar-refractivity contribution in [2.24, 2.45) is 7.05 Å². The molecule has 3 aromatic heterocycles. The smallest absolute Gasteiger partial charge is 0.229 e. The summed E-state index contributed by atoms with van der Waals surface area (Å²) in [5, 5.41) is 11.9. The van der Waals surface area contributed by atoms with Crippen molar-refractivity contribution in [3.63, 3.8) is 0 Å². The number of ether oxygens (including phenoxy) is 2. The topological polar surface area (TPSA) is 135 Å². The molecule has 2 aliphatic heterocycles. The second-order valence-electron chi connectivity index (χ2n) is 15.4. The van der Waals surface area contributed by atoms with Crippen molar-refractivity contribution in [1.29, 1.82) is 0 Å². The van der Waals surface area contributed by atoms with Gasteiger partial charge >= 0.3 is 0 Å². The van der Waals surface area contributed by atoms with Crippen molar-refractivity contribution in [2.75, 3.05) is 62.2 Å². The largest absolute Gasteiger partial charge is 0.494 e. The zero-order valence-corrected chi connectivity index (χ0v) is 34.1. The SMILES string of the molecule is COc1cc(N2CCC3(CC2)CN(C(C)C)CC(C)(C)O3)c(-c2cnn(C)c2)cc1Nc1ncc(Br)c(Nc2ccc3nccnc3c2P(C)(C)=O)n1. The van der Waals surface area contributed by atoms with E-state index in [1.54, 1.807) is 39.0 Å². The highest BCUT2D eigenvalue weighted by atomic mass is 79.9. The summed E-state index contributed by atoms with van der Waals surface area (Å²) in [4.78, 5) is 23.3. The average Bonchev–Trinajstić information content (AvgIpc) is 3.54. The number of hydrogen-bond acceptors (Lipinski definition) is 12. The van der Waals surface area contributed by atoms with Gasteiger partial charge < -0.3 is 29.6 Å². The van der Waals surface area contributed by atoms with Gasteiger partial charge in [-0.3, -0.25) is 19.5 Å². The maximum atomic E-state index is 13.5. The lowest BCUT2D eigenvalue weighted by molar-refractivity contribution is -0.209. The summed E-state index contributed by atoms with van der Waals surface area (Å²) in [6, 6.07) is 8.36. The standard InChI is InChI=1S/C38H48BrN10O3P/c1-24(2)49-22-37(3,4)52-38(23-49)11-15-48(16-12-38)31-18-32(51-6)30(17-26(31)25-19-43-47(5)21-25)45-36-42-20-27(39)35(46-36)44-29-10-9-28-33(41-14-13-40-28)34(29)53(7,8)50/h9-10,13-14,17-21,24H,11-12,15-16,22-23H2,1-8H3,(H2,42,44,45,46). The maximum absolute atomic E-state index is 13.5. The lowest BCUT2D eigenvalue weighted by atomic mass is 9.85. The molecule has 2 aliphatic rings. The van der Waals surface area contributed by atoms with E-state index in [2.05, 4.69) is 96.2 Å². The van der Waals surface area contributed by atoms with Crippen LogP contribution in [0.15, 0.2) is 59.7 Å². The molecule has 53 heavy (non-hydrogen) atoms. The van der Waals surface area contributed by atoms with Crippen LogP contribution in [0, 0.1) is 0 Å². The molecule has 2 fully saturated rings. The lowest BCUT2D eigenvalue weighted by Crippen LogP contribution is -2.63. The van der Waals surface area contributed by atoms with Gasteiger partial charge in [0.15, 0.2) is 0 Å². The van der Waals surface area contributed by atoms with Crippen molar-refractivity contribution in [2.45, 2.75) is 57.8 Å². The number of benzene rings is 2. The second-order valence-corrected chi connectivity index (χ2v) is 19.4. The molecule has 0 atom stereocenters. The van der Waals surface area contributed by atoms with Gasteiger partial charge in [0.05, 0.1) is 51.2 Å². The number of nitrogens with zero attached hydrogens (tertiary/aromatic N) is 8. The number of halogens is 1. The molecular weight excluding hydrogens is 755 g/mol. The third-order valence-electron chi connectivity index (χ3n) is 10.0. The molecule has 2 aromatic carbocycles. The van der Waals surface area contributed by atoms with Crippen molar-refractivity contribution >= 4 is 68.2 Å². The number of hydrogen-bond donors (Lipinski definition) is 2. The number of morpholine rings is 1. The fraction of sp³-hybridized carbons (Fsp3) is 0.447. The van der Waals surface area contributed by atoms with E-state index < -0.39 is 7.14 Å². The van der Waals surface area contributed by atoms with Crippen LogP contribution >= 0.6 is 23.1 Å². The summed E-state index contributed by atoms with van der Waals surface area (Å²) in [5.74, 6) is 1.50. The number of fused-ring (bicyclic) bond motifs is 1. The predicted molar refractivity (Wildman–Crippen MR) is 216 cm³/mol. The Kier molecular flexibility index (Phi) is 10.0. The van der Waals surface area contributed by atoms with E-state index in [1.165, 1.54) is 0 Å². The molecule has 13 nitrogen and oxygen atoms in total. The van der Waals surface area contributed by atoms with Gasteiger partial charge in [-0.05, 0) is 88.0 Å². The molecule has 0 amide bonds. The van der Waals surface area contributed by atoms with E-state index in [-0.39, 0.29) is 11.2 Å². The Morgan fingerprint density at radius 1 is 1.00 bits per heavy atom. The van der Waals surface area contributed by atoms with Crippen molar-refractivity contribution in [1.82, 2.24) is 34.6 Å². The Morgan fingerprint density at radius 3 is 2.43 bits per heavy atom. The molecule has 0 radical (unpaired) electrons. The van der Waals surface area contributed by atoms with Gasteiger partial charge in [-0.2, -0.15) is 10.1 Å². The van der Waals surface area contributed by atoms with Gasteiger partial charge in [-0.25, -0.2) is 4.98 Å². The summed E-state index contributed by atoms with van der Waals surface area (Å²) < 4.78 is 28.8. The Labute approximate surface area is 319 Å². The Bertz CT molecular complexity index is 2190. The Hall–Kier alpha value is -4.10. The first-order valence-corrected chi connectivity index (χ1v) is 21.3. The molecule has 15 heteroatoms. The molecule has 1 spiro atoms. The van der Waals surface area contributed by atoms with Gasteiger partial charge in [-0.1, -0.05) is 0 Å². The molecular formula is C38H48BrN10O3P. The molecule has 5 aromatic rings. The van der Waals surface area contributed by atoms with Gasteiger partial charge in [0.25, 0.3) is 0 Å². The summed E-state index contributed by atoms with van der Waals surface area (Å²) in [6.07, 6.45) is 10.7.